The van der Waals surface area contributed by atoms with E-state index >= 15 is 0 Å². The van der Waals surface area contributed by atoms with Crippen LogP contribution in [0.5, 0.6) is 0 Å². The molecule has 0 atom stereocenters. The molecule has 0 aromatic carbocycles. The smallest absolute Gasteiger partial charge is 0.383 e. The molecule has 132 valence electrons. The molecule has 0 saturated heterocycles. The molecule has 0 radical (unpaired) electrons. The summed E-state index contributed by atoms with van der Waals surface area (Å²) < 4.78 is 39.7. The Bertz CT molecular complexity index is 676. The number of ketones is 2. The summed E-state index contributed by atoms with van der Waals surface area (Å²) in [6, 6.07) is 0.711. The number of allylic oxidation sites excluding steroid dienone is 1. The molecule has 5 nitrogen and oxygen atoms in total. The van der Waals surface area contributed by atoms with Crippen LogP contribution in [0, 0.1) is 5.92 Å². The number of nitrogens with zero attached hydrogens (tertiary/aromatic N) is 3. The fourth-order valence-corrected chi connectivity index (χ4v) is 2.60. The van der Waals surface area contributed by atoms with E-state index in [4.69, 9.17) is 0 Å². The fraction of sp³-hybridized carbons (Fsp3) is 0.533. The van der Waals surface area contributed by atoms with Crippen LogP contribution in [0.3, 0.4) is 0 Å². The fourth-order valence-electron chi connectivity index (χ4n) is 2.15. The van der Waals surface area contributed by atoms with E-state index in [9.17, 15) is 22.8 Å². The maximum Gasteiger partial charge on any atom is 0.435 e. The van der Waals surface area contributed by atoms with Crippen molar-refractivity contribution in [2.75, 3.05) is 20.4 Å². The van der Waals surface area contributed by atoms with Crippen LogP contribution < -0.4 is 0 Å². The van der Waals surface area contributed by atoms with Crippen LogP contribution in [0.4, 0.5) is 13.2 Å². The average Bonchev–Trinajstić information content (AvgIpc) is 3.23. The van der Waals surface area contributed by atoms with Crippen LogP contribution in [0.2, 0.25) is 0 Å². The Hall–Kier alpha value is -1.77. The van der Waals surface area contributed by atoms with E-state index in [1.54, 1.807) is 20.4 Å². The normalized spacial score (nSPS) is 15.5. The number of carbonyl (C=O) groups excluding carboxylic acids is 2. The predicted molar refractivity (Wildman–Crippen MR) is 84.6 cm³/mol. The third kappa shape index (κ3) is 4.19. The molecule has 2 rings (SSSR count). The Morgan fingerprint density at radius 2 is 2.04 bits per heavy atom. The summed E-state index contributed by atoms with van der Waals surface area (Å²) in [5, 5.41) is 3.47. The summed E-state index contributed by atoms with van der Waals surface area (Å²) in [7, 11) is 3.29. The summed E-state index contributed by atoms with van der Waals surface area (Å²) >= 11 is 1.23. The predicted octanol–water partition coefficient (Wildman–Crippen LogP) is 2.83. The lowest BCUT2D eigenvalue weighted by Gasteiger charge is -2.11. The van der Waals surface area contributed by atoms with Gasteiger partial charge in [-0.2, -0.15) is 18.3 Å². The Balaban J connectivity index is 2.45. The summed E-state index contributed by atoms with van der Waals surface area (Å²) in [6.07, 6.45) is -0.185. The molecule has 1 aliphatic carbocycles. The maximum absolute atomic E-state index is 12.9. The van der Waals surface area contributed by atoms with Gasteiger partial charge in [0.15, 0.2) is 11.5 Å². The highest BCUT2D eigenvalue weighted by molar-refractivity contribution is 7.97. The molecule has 1 aromatic heterocycles. The van der Waals surface area contributed by atoms with E-state index in [1.165, 1.54) is 22.9 Å². The number of rotatable bonds is 7. The number of hydrogen-bond donors (Lipinski definition) is 0. The second kappa shape index (κ2) is 7.00. The molecular weight excluding hydrogens is 343 g/mol. The quantitative estimate of drug-likeness (QED) is 0.324. The molecule has 24 heavy (non-hydrogen) atoms. The van der Waals surface area contributed by atoms with Crippen LogP contribution in [-0.4, -0.2) is 46.6 Å². The van der Waals surface area contributed by atoms with Gasteiger partial charge < -0.3 is 4.90 Å². The largest absolute Gasteiger partial charge is 0.435 e. The van der Waals surface area contributed by atoms with Crippen molar-refractivity contribution in [1.82, 2.24) is 14.7 Å². The van der Waals surface area contributed by atoms with Crippen molar-refractivity contribution < 1.29 is 22.8 Å². The molecule has 0 unspecified atom stereocenters. The van der Waals surface area contributed by atoms with Crippen LogP contribution in [0.15, 0.2) is 17.8 Å². The van der Waals surface area contributed by atoms with Crippen molar-refractivity contribution in [3.63, 3.8) is 0 Å². The number of Topliss-reactive ketones (excluding diaryl/α,β-unsaturated/α-hetero) is 2. The second-order valence-electron chi connectivity index (χ2n) is 5.80. The standard InChI is InChI=1S/C15H18F3N3O2S/c1-20(2)7-10(13(22)9-4-5-9)14(23)11-6-12(15(16,17)18)19-21(11)8-24-3/h6-7,9H,4-5,8H2,1-3H3. The van der Waals surface area contributed by atoms with Crippen LogP contribution in [-0.2, 0) is 16.8 Å². The van der Waals surface area contributed by atoms with Gasteiger partial charge in [0.05, 0.1) is 11.4 Å². The highest BCUT2D eigenvalue weighted by atomic mass is 32.2. The zero-order valence-electron chi connectivity index (χ0n) is 13.6. The highest BCUT2D eigenvalue weighted by Gasteiger charge is 2.39. The molecule has 1 fully saturated rings. The van der Waals surface area contributed by atoms with E-state index in [0.29, 0.717) is 18.9 Å². The van der Waals surface area contributed by atoms with Gasteiger partial charge in [-0.3, -0.25) is 14.3 Å². The number of halogens is 3. The molecule has 1 saturated carbocycles. The zero-order valence-corrected chi connectivity index (χ0v) is 14.4. The van der Waals surface area contributed by atoms with Gasteiger partial charge in [-0.1, -0.05) is 0 Å². The van der Waals surface area contributed by atoms with Crippen molar-refractivity contribution in [2.24, 2.45) is 5.92 Å². The molecule has 1 aliphatic rings. The number of alkyl halides is 3. The lowest BCUT2D eigenvalue weighted by atomic mass is 10.0. The molecule has 9 heteroatoms. The molecule has 1 aromatic rings. The second-order valence-corrected chi connectivity index (χ2v) is 6.64. The van der Waals surface area contributed by atoms with E-state index in [-0.39, 0.29) is 28.8 Å². The third-order valence-corrected chi connectivity index (χ3v) is 3.90. The van der Waals surface area contributed by atoms with E-state index < -0.39 is 17.7 Å². The number of thioether (sulfide) groups is 1. The Morgan fingerprint density at radius 3 is 2.50 bits per heavy atom. The molecule has 0 bridgehead atoms. The molecule has 0 aliphatic heterocycles. The van der Waals surface area contributed by atoms with Crippen molar-refractivity contribution in [2.45, 2.75) is 24.9 Å². The van der Waals surface area contributed by atoms with Crippen molar-refractivity contribution in [3.8, 4) is 0 Å². The minimum atomic E-state index is -4.65. The third-order valence-electron chi connectivity index (χ3n) is 3.40. The van der Waals surface area contributed by atoms with Gasteiger partial charge in [0, 0.05) is 32.3 Å². The van der Waals surface area contributed by atoms with Gasteiger partial charge in [0.1, 0.15) is 5.69 Å². The van der Waals surface area contributed by atoms with E-state index in [2.05, 4.69) is 5.10 Å². The number of aromatic nitrogens is 2. The van der Waals surface area contributed by atoms with Gasteiger partial charge in [-0.25, -0.2) is 0 Å². The number of hydrogen-bond acceptors (Lipinski definition) is 5. The van der Waals surface area contributed by atoms with Gasteiger partial charge in [0.2, 0.25) is 5.78 Å². The molecule has 0 N–H and O–H groups in total. The van der Waals surface area contributed by atoms with Crippen LogP contribution in [0.25, 0.3) is 0 Å². The van der Waals surface area contributed by atoms with Crippen LogP contribution in [0.1, 0.15) is 29.0 Å². The Labute approximate surface area is 141 Å². The van der Waals surface area contributed by atoms with Crippen molar-refractivity contribution >= 4 is 23.3 Å². The minimum absolute atomic E-state index is 0.0873. The van der Waals surface area contributed by atoms with Gasteiger partial charge in [-0.05, 0) is 19.1 Å². The first-order valence-corrected chi connectivity index (χ1v) is 8.65. The Morgan fingerprint density at radius 1 is 1.42 bits per heavy atom. The number of carbonyl (C=O) groups is 2. The van der Waals surface area contributed by atoms with Gasteiger partial charge in [0.25, 0.3) is 0 Å². The Kier molecular flexibility index (Phi) is 5.42. The summed E-state index contributed by atoms with van der Waals surface area (Å²) in [5.41, 5.74) is -1.46. The SMILES string of the molecule is CSCn1nc(C(F)(F)F)cc1C(=O)C(=CN(C)C)C(=O)C1CC1. The first-order valence-electron chi connectivity index (χ1n) is 7.26. The van der Waals surface area contributed by atoms with Crippen molar-refractivity contribution in [1.29, 1.82) is 0 Å². The minimum Gasteiger partial charge on any atom is -0.383 e. The first-order chi connectivity index (χ1) is 11.1. The highest BCUT2D eigenvalue weighted by Crippen LogP contribution is 2.34. The van der Waals surface area contributed by atoms with Crippen LogP contribution >= 0.6 is 11.8 Å². The van der Waals surface area contributed by atoms with Crippen molar-refractivity contribution in [3.05, 3.63) is 29.2 Å². The maximum atomic E-state index is 12.9. The monoisotopic (exact) mass is 361 g/mol. The summed E-state index contributed by atoms with van der Waals surface area (Å²) in [6.45, 7) is 0. The average molecular weight is 361 g/mol. The zero-order chi connectivity index (χ0) is 18.1. The van der Waals surface area contributed by atoms with E-state index in [0.717, 1.165) is 4.68 Å². The topological polar surface area (TPSA) is 55.2 Å². The molecule has 1 heterocycles. The lowest BCUT2D eigenvalue weighted by Crippen LogP contribution is -2.21. The molecule has 0 spiro atoms. The van der Waals surface area contributed by atoms with Gasteiger partial charge in [-0.15, -0.1) is 11.8 Å². The van der Waals surface area contributed by atoms with E-state index in [1.807, 2.05) is 0 Å². The molecule has 0 amide bonds. The summed E-state index contributed by atoms with van der Waals surface area (Å²) in [4.78, 5) is 26.6. The molecular formula is C15H18F3N3O2S. The first kappa shape index (κ1) is 18.6. The summed E-state index contributed by atoms with van der Waals surface area (Å²) in [5.74, 6) is -1.17. The van der Waals surface area contributed by atoms with Gasteiger partial charge >= 0.3 is 6.18 Å². The lowest BCUT2D eigenvalue weighted by molar-refractivity contribution is -0.141.